The number of carbonyl (C=O) groups is 1. The zero-order valence-corrected chi connectivity index (χ0v) is 7.48. The zero-order valence-electron chi connectivity index (χ0n) is 7.48. The van der Waals surface area contributed by atoms with E-state index in [9.17, 15) is 9.18 Å². The number of carboxylic acids is 1. The summed E-state index contributed by atoms with van der Waals surface area (Å²) in [5, 5.41) is 8.42. The summed E-state index contributed by atoms with van der Waals surface area (Å²) >= 11 is 0. The number of carboxylic acid groups (broad SMARTS) is 1. The Kier molecular flexibility index (Phi) is 3.53. The van der Waals surface area contributed by atoms with Crippen molar-refractivity contribution in [1.29, 1.82) is 0 Å². The number of rotatable bonds is 4. The Balaban J connectivity index is 2.60. The van der Waals surface area contributed by atoms with E-state index in [0.717, 1.165) is 6.20 Å². The van der Waals surface area contributed by atoms with E-state index in [1.54, 1.807) is 0 Å². The van der Waals surface area contributed by atoms with Gasteiger partial charge in [-0.2, -0.15) is 0 Å². The fourth-order valence-electron chi connectivity index (χ4n) is 1.08. The maximum atomic E-state index is 12.7. The van der Waals surface area contributed by atoms with Gasteiger partial charge in [-0.05, 0) is 18.1 Å². The lowest BCUT2D eigenvalue weighted by Crippen LogP contribution is -2.12. The minimum Gasteiger partial charge on any atom is -0.481 e. The molecule has 0 amide bonds. The molecular weight excluding hydrogens is 187 g/mol. The Morgan fingerprint density at radius 2 is 2.36 bits per heavy atom. The average molecular weight is 198 g/mol. The lowest BCUT2D eigenvalue weighted by molar-refractivity contribution is -0.137. The van der Waals surface area contributed by atoms with Crippen LogP contribution in [-0.4, -0.2) is 16.1 Å². The molecule has 0 aliphatic heterocycles. The Hall–Kier alpha value is -1.49. The van der Waals surface area contributed by atoms with Gasteiger partial charge in [-0.15, -0.1) is 0 Å². The summed E-state index contributed by atoms with van der Waals surface area (Å²) in [7, 11) is 0. The van der Waals surface area contributed by atoms with Crippen molar-refractivity contribution in [1.82, 2.24) is 4.98 Å². The number of halogens is 1. The first kappa shape index (κ1) is 10.6. The Bertz CT molecular complexity index is 330. The van der Waals surface area contributed by atoms with Gasteiger partial charge in [0, 0.05) is 18.7 Å². The van der Waals surface area contributed by atoms with E-state index in [2.05, 4.69) is 4.98 Å². The largest absolute Gasteiger partial charge is 0.481 e. The topological polar surface area (TPSA) is 76.2 Å². The van der Waals surface area contributed by atoms with E-state index in [0.29, 0.717) is 5.56 Å². The molecule has 1 aromatic heterocycles. The number of nitrogens with zero attached hydrogens (tertiary/aromatic N) is 1. The second kappa shape index (κ2) is 4.66. The first-order valence-electron chi connectivity index (χ1n) is 4.17. The highest BCUT2D eigenvalue weighted by Crippen LogP contribution is 2.15. The van der Waals surface area contributed by atoms with E-state index < -0.39 is 17.8 Å². The fraction of sp³-hybridized carbons (Fsp3) is 0.333. The molecule has 0 aromatic carbocycles. The van der Waals surface area contributed by atoms with Crippen LogP contribution in [0, 0.1) is 5.82 Å². The summed E-state index contributed by atoms with van der Waals surface area (Å²) in [6.07, 6.45) is 2.77. The Morgan fingerprint density at radius 3 is 2.93 bits per heavy atom. The minimum absolute atomic E-state index is 0.0301. The van der Waals surface area contributed by atoms with Crippen LogP contribution in [-0.2, 0) is 4.79 Å². The molecule has 0 saturated carbocycles. The van der Waals surface area contributed by atoms with Gasteiger partial charge < -0.3 is 10.8 Å². The molecule has 0 radical (unpaired) electrons. The summed E-state index contributed by atoms with van der Waals surface area (Å²) in [5.41, 5.74) is 6.16. The Morgan fingerprint density at radius 1 is 1.64 bits per heavy atom. The molecule has 1 aromatic rings. The van der Waals surface area contributed by atoms with Crippen molar-refractivity contribution in [3.8, 4) is 0 Å². The molecule has 76 valence electrons. The van der Waals surface area contributed by atoms with Crippen LogP contribution in [0.5, 0.6) is 0 Å². The highest BCUT2D eigenvalue weighted by atomic mass is 19.1. The quantitative estimate of drug-likeness (QED) is 0.759. The molecule has 0 unspecified atom stereocenters. The molecule has 0 fully saturated rings. The molecule has 0 saturated heterocycles. The third-order valence-corrected chi connectivity index (χ3v) is 1.82. The zero-order chi connectivity index (χ0) is 10.6. The third kappa shape index (κ3) is 3.10. The molecule has 3 N–H and O–H groups in total. The molecule has 1 rings (SSSR count). The van der Waals surface area contributed by atoms with Crippen LogP contribution in [0.4, 0.5) is 4.39 Å². The highest BCUT2D eigenvalue weighted by Gasteiger charge is 2.09. The van der Waals surface area contributed by atoms with E-state index in [1.807, 2.05) is 0 Å². The second-order valence-corrected chi connectivity index (χ2v) is 2.98. The predicted molar refractivity (Wildman–Crippen MR) is 48.0 cm³/mol. The Labute approximate surface area is 80.6 Å². The summed E-state index contributed by atoms with van der Waals surface area (Å²) < 4.78 is 12.7. The van der Waals surface area contributed by atoms with Gasteiger partial charge in [0.05, 0.1) is 6.20 Å². The van der Waals surface area contributed by atoms with Crippen LogP contribution in [0.2, 0.25) is 0 Å². The molecule has 0 spiro atoms. The van der Waals surface area contributed by atoms with E-state index in [-0.39, 0.29) is 12.8 Å². The number of hydrogen-bond donors (Lipinski definition) is 2. The van der Waals surface area contributed by atoms with E-state index in [4.69, 9.17) is 10.8 Å². The van der Waals surface area contributed by atoms with Crippen molar-refractivity contribution >= 4 is 5.97 Å². The second-order valence-electron chi connectivity index (χ2n) is 2.98. The van der Waals surface area contributed by atoms with E-state index in [1.165, 1.54) is 12.3 Å². The molecule has 14 heavy (non-hydrogen) atoms. The van der Waals surface area contributed by atoms with Gasteiger partial charge in [0.1, 0.15) is 5.82 Å². The molecule has 0 aliphatic carbocycles. The molecule has 1 heterocycles. The van der Waals surface area contributed by atoms with Gasteiger partial charge in [0.25, 0.3) is 0 Å². The first-order valence-corrected chi connectivity index (χ1v) is 4.17. The standard InChI is InChI=1S/C9H11FN2O2/c10-7-3-6(4-12-5-7)8(11)1-2-9(13)14/h3-5,8H,1-2,11H2,(H,13,14)/t8-/m1/s1. The molecule has 4 nitrogen and oxygen atoms in total. The summed E-state index contributed by atoms with van der Waals surface area (Å²) in [6, 6.07) is 0.786. The van der Waals surface area contributed by atoms with Crippen molar-refractivity contribution < 1.29 is 14.3 Å². The SMILES string of the molecule is N[C@H](CCC(=O)O)c1cncc(F)c1. The van der Waals surface area contributed by atoms with Crippen molar-refractivity contribution in [3.05, 3.63) is 29.8 Å². The summed E-state index contributed by atoms with van der Waals surface area (Å²) in [6.45, 7) is 0. The normalized spacial score (nSPS) is 12.4. The monoisotopic (exact) mass is 198 g/mol. The average Bonchev–Trinajstić information content (AvgIpc) is 2.14. The van der Waals surface area contributed by atoms with Crippen LogP contribution < -0.4 is 5.73 Å². The van der Waals surface area contributed by atoms with Crippen LogP contribution >= 0.6 is 0 Å². The smallest absolute Gasteiger partial charge is 0.303 e. The summed E-state index contributed by atoms with van der Waals surface area (Å²) in [5.74, 6) is -1.38. The van der Waals surface area contributed by atoms with Crippen LogP contribution in [0.1, 0.15) is 24.4 Å². The van der Waals surface area contributed by atoms with Gasteiger partial charge in [-0.1, -0.05) is 0 Å². The fourth-order valence-corrected chi connectivity index (χ4v) is 1.08. The number of aromatic nitrogens is 1. The van der Waals surface area contributed by atoms with Crippen LogP contribution in [0.3, 0.4) is 0 Å². The molecule has 1 atom stereocenters. The van der Waals surface area contributed by atoms with E-state index >= 15 is 0 Å². The van der Waals surface area contributed by atoms with Gasteiger partial charge in [0.15, 0.2) is 0 Å². The maximum absolute atomic E-state index is 12.7. The number of pyridine rings is 1. The predicted octanol–water partition coefficient (Wildman–Crippen LogP) is 1.09. The van der Waals surface area contributed by atoms with Gasteiger partial charge in [0.2, 0.25) is 0 Å². The number of nitrogens with two attached hydrogens (primary N) is 1. The minimum atomic E-state index is -0.912. The van der Waals surface area contributed by atoms with Crippen LogP contribution in [0.25, 0.3) is 0 Å². The van der Waals surface area contributed by atoms with Gasteiger partial charge in [-0.25, -0.2) is 4.39 Å². The third-order valence-electron chi connectivity index (χ3n) is 1.82. The molecular formula is C9H11FN2O2. The van der Waals surface area contributed by atoms with Crippen LogP contribution in [0.15, 0.2) is 18.5 Å². The molecule has 0 aliphatic rings. The van der Waals surface area contributed by atoms with Crippen molar-refractivity contribution in [2.75, 3.05) is 0 Å². The van der Waals surface area contributed by atoms with Gasteiger partial charge >= 0.3 is 5.97 Å². The van der Waals surface area contributed by atoms with Crippen molar-refractivity contribution in [3.63, 3.8) is 0 Å². The molecule has 0 bridgehead atoms. The first-order chi connectivity index (χ1) is 6.59. The van der Waals surface area contributed by atoms with Crippen molar-refractivity contribution in [2.45, 2.75) is 18.9 Å². The molecule has 5 heteroatoms. The van der Waals surface area contributed by atoms with Gasteiger partial charge in [-0.3, -0.25) is 9.78 Å². The lowest BCUT2D eigenvalue weighted by atomic mass is 10.1. The summed E-state index contributed by atoms with van der Waals surface area (Å²) in [4.78, 5) is 13.9. The highest BCUT2D eigenvalue weighted by molar-refractivity contribution is 5.66. The number of hydrogen-bond acceptors (Lipinski definition) is 3. The van der Waals surface area contributed by atoms with Crippen molar-refractivity contribution in [2.24, 2.45) is 5.73 Å². The maximum Gasteiger partial charge on any atom is 0.303 e. The lowest BCUT2D eigenvalue weighted by Gasteiger charge is -2.09. The number of aliphatic carboxylic acids is 1.